The van der Waals surface area contributed by atoms with Gasteiger partial charge in [0.2, 0.25) is 11.8 Å². The lowest BCUT2D eigenvalue weighted by Gasteiger charge is -2.10. The van der Waals surface area contributed by atoms with Crippen LogP contribution in [-0.2, 0) is 17.8 Å². The molecule has 3 heterocycles. The SMILES string of the molecule is Cc1cc(Cn2cc3c(CC(=O)NCCCO)nccc3n2)cc(OCC(F)(F)F)n1. The second-order valence-electron chi connectivity index (χ2n) is 6.98. The Hall–Kier alpha value is -3.21. The molecule has 0 aromatic carbocycles. The molecule has 0 aliphatic rings. The molecule has 3 rings (SSSR count). The van der Waals surface area contributed by atoms with Gasteiger partial charge >= 0.3 is 6.18 Å². The molecule has 11 heteroatoms. The van der Waals surface area contributed by atoms with Gasteiger partial charge in [0.15, 0.2) is 6.61 Å². The number of ether oxygens (including phenoxy) is 1. The molecular weight excluding hydrogens is 415 g/mol. The zero-order chi connectivity index (χ0) is 22.4. The molecule has 0 radical (unpaired) electrons. The molecule has 0 saturated heterocycles. The van der Waals surface area contributed by atoms with E-state index in [1.165, 1.54) is 6.07 Å². The molecule has 3 aromatic heterocycles. The van der Waals surface area contributed by atoms with Crippen molar-refractivity contribution in [1.29, 1.82) is 0 Å². The first-order chi connectivity index (χ1) is 14.7. The molecule has 0 aliphatic heterocycles. The van der Waals surface area contributed by atoms with E-state index in [4.69, 9.17) is 9.84 Å². The molecule has 2 N–H and O–H groups in total. The van der Waals surface area contributed by atoms with E-state index in [0.717, 1.165) is 0 Å². The average molecular weight is 437 g/mol. The first-order valence-corrected chi connectivity index (χ1v) is 9.59. The van der Waals surface area contributed by atoms with Gasteiger partial charge in [-0.05, 0) is 31.0 Å². The first-order valence-electron chi connectivity index (χ1n) is 9.59. The van der Waals surface area contributed by atoms with Gasteiger partial charge in [-0.3, -0.25) is 14.5 Å². The molecule has 0 fully saturated rings. The second kappa shape index (κ2) is 9.73. The highest BCUT2D eigenvalue weighted by Gasteiger charge is 2.28. The third-order valence-electron chi connectivity index (χ3n) is 4.27. The summed E-state index contributed by atoms with van der Waals surface area (Å²) in [6.07, 6.45) is -0.598. The van der Waals surface area contributed by atoms with Crippen LogP contribution >= 0.6 is 0 Å². The Bertz CT molecular complexity index is 1050. The number of aromatic nitrogens is 4. The Balaban J connectivity index is 1.75. The molecule has 0 atom stereocenters. The van der Waals surface area contributed by atoms with Crippen LogP contribution in [0.5, 0.6) is 5.88 Å². The standard InChI is InChI=1S/C20H22F3N5O3/c1-13-7-14(8-19(26-13)31-12-20(21,22)23)10-28-11-15-16(27-28)3-5-24-17(15)9-18(30)25-4-2-6-29/h3,5,7-8,11,29H,2,4,6,9-10,12H2,1H3,(H,25,30). The lowest BCUT2D eigenvalue weighted by molar-refractivity contribution is -0.154. The van der Waals surface area contributed by atoms with Crippen molar-refractivity contribution < 1.29 is 27.8 Å². The van der Waals surface area contributed by atoms with Crippen molar-refractivity contribution in [2.24, 2.45) is 0 Å². The van der Waals surface area contributed by atoms with Crippen LogP contribution in [0.3, 0.4) is 0 Å². The predicted molar refractivity (Wildman–Crippen MR) is 106 cm³/mol. The average Bonchev–Trinajstić information content (AvgIpc) is 3.09. The Morgan fingerprint density at radius 1 is 1.32 bits per heavy atom. The molecule has 1 amide bonds. The van der Waals surface area contributed by atoms with Crippen LogP contribution in [0.15, 0.2) is 30.6 Å². The molecule has 0 bridgehead atoms. The quantitative estimate of drug-likeness (QED) is 0.498. The molecule has 0 unspecified atom stereocenters. The van der Waals surface area contributed by atoms with Crippen LogP contribution in [0.25, 0.3) is 10.9 Å². The van der Waals surface area contributed by atoms with Crippen molar-refractivity contribution in [3.05, 3.63) is 47.5 Å². The number of halogens is 3. The number of amides is 1. The van der Waals surface area contributed by atoms with Crippen molar-refractivity contribution in [3.8, 4) is 5.88 Å². The van der Waals surface area contributed by atoms with Crippen molar-refractivity contribution in [2.75, 3.05) is 19.8 Å². The highest BCUT2D eigenvalue weighted by molar-refractivity contribution is 5.86. The third kappa shape index (κ3) is 6.64. The predicted octanol–water partition coefficient (Wildman–Crippen LogP) is 2.17. The first kappa shape index (κ1) is 22.5. The van der Waals surface area contributed by atoms with Gasteiger partial charge in [-0.15, -0.1) is 0 Å². The van der Waals surface area contributed by atoms with Crippen LogP contribution in [0, 0.1) is 6.92 Å². The minimum Gasteiger partial charge on any atom is -0.468 e. The molecule has 166 valence electrons. The molecule has 0 aliphatic carbocycles. The van der Waals surface area contributed by atoms with E-state index < -0.39 is 12.8 Å². The van der Waals surface area contributed by atoms with Gasteiger partial charge in [-0.1, -0.05) is 0 Å². The summed E-state index contributed by atoms with van der Waals surface area (Å²) in [6.45, 7) is 0.913. The van der Waals surface area contributed by atoms with Crippen LogP contribution < -0.4 is 10.1 Å². The molecule has 3 aromatic rings. The maximum Gasteiger partial charge on any atom is 0.422 e. The van der Waals surface area contributed by atoms with Crippen molar-refractivity contribution in [1.82, 2.24) is 25.1 Å². The summed E-state index contributed by atoms with van der Waals surface area (Å²) in [5.74, 6) is -0.316. The number of aliphatic hydroxyl groups is 1. The summed E-state index contributed by atoms with van der Waals surface area (Å²) in [5.41, 5.74) is 2.40. The van der Waals surface area contributed by atoms with Gasteiger partial charge in [0.1, 0.15) is 0 Å². The van der Waals surface area contributed by atoms with E-state index in [0.29, 0.717) is 40.8 Å². The Labute approximate surface area is 176 Å². The number of hydrogen-bond donors (Lipinski definition) is 2. The van der Waals surface area contributed by atoms with Crippen molar-refractivity contribution in [3.63, 3.8) is 0 Å². The number of nitrogens with one attached hydrogen (secondary N) is 1. The lowest BCUT2D eigenvalue weighted by Crippen LogP contribution is -2.26. The molecule has 0 spiro atoms. The number of aliphatic hydroxyl groups excluding tert-OH is 1. The number of hydrogen-bond acceptors (Lipinski definition) is 6. The second-order valence-corrected chi connectivity index (χ2v) is 6.98. The highest BCUT2D eigenvalue weighted by Crippen LogP contribution is 2.20. The van der Waals surface area contributed by atoms with Gasteiger partial charge in [-0.25, -0.2) is 4.98 Å². The number of fused-ring (bicyclic) bond motifs is 1. The van der Waals surface area contributed by atoms with Gasteiger partial charge in [0.05, 0.1) is 24.2 Å². The largest absolute Gasteiger partial charge is 0.468 e. The van der Waals surface area contributed by atoms with E-state index in [1.54, 1.807) is 36.1 Å². The summed E-state index contributed by atoms with van der Waals surface area (Å²) in [6, 6.07) is 4.90. The number of rotatable bonds is 9. The van der Waals surface area contributed by atoms with Crippen LogP contribution in [0.4, 0.5) is 13.2 Å². The van der Waals surface area contributed by atoms with E-state index in [2.05, 4.69) is 20.4 Å². The fraction of sp³-hybridized carbons (Fsp3) is 0.400. The summed E-state index contributed by atoms with van der Waals surface area (Å²) < 4.78 is 43.6. The number of carbonyl (C=O) groups is 1. The van der Waals surface area contributed by atoms with Crippen molar-refractivity contribution >= 4 is 16.8 Å². The number of pyridine rings is 2. The number of aryl methyl sites for hydroxylation is 1. The lowest BCUT2D eigenvalue weighted by atomic mass is 10.2. The van der Waals surface area contributed by atoms with Gasteiger partial charge in [0.25, 0.3) is 0 Å². The fourth-order valence-electron chi connectivity index (χ4n) is 3.01. The Morgan fingerprint density at radius 3 is 2.87 bits per heavy atom. The Kier molecular flexibility index (Phi) is 7.06. The zero-order valence-corrected chi connectivity index (χ0v) is 16.8. The van der Waals surface area contributed by atoms with E-state index in [9.17, 15) is 18.0 Å². The van der Waals surface area contributed by atoms with E-state index >= 15 is 0 Å². The van der Waals surface area contributed by atoms with Crippen LogP contribution in [0.1, 0.15) is 23.4 Å². The monoisotopic (exact) mass is 437 g/mol. The molecular formula is C20H22F3N5O3. The third-order valence-corrected chi connectivity index (χ3v) is 4.27. The van der Waals surface area contributed by atoms with E-state index in [1.807, 2.05) is 0 Å². The maximum atomic E-state index is 12.4. The number of carbonyl (C=O) groups excluding carboxylic acids is 1. The molecule has 8 nitrogen and oxygen atoms in total. The normalized spacial score (nSPS) is 11.6. The van der Waals surface area contributed by atoms with Crippen molar-refractivity contribution in [2.45, 2.75) is 32.5 Å². The number of nitrogens with zero attached hydrogens (tertiary/aromatic N) is 4. The summed E-state index contributed by atoms with van der Waals surface area (Å²) >= 11 is 0. The zero-order valence-electron chi connectivity index (χ0n) is 16.8. The number of alkyl halides is 3. The van der Waals surface area contributed by atoms with Gasteiger partial charge < -0.3 is 15.2 Å². The van der Waals surface area contributed by atoms with E-state index in [-0.39, 0.29) is 31.4 Å². The minimum absolute atomic E-state index is 0.00166. The fourth-order valence-corrected chi connectivity index (χ4v) is 3.01. The highest BCUT2D eigenvalue weighted by atomic mass is 19.4. The molecule has 0 saturated carbocycles. The summed E-state index contributed by atoms with van der Waals surface area (Å²) in [4.78, 5) is 20.3. The van der Waals surface area contributed by atoms with Gasteiger partial charge in [-0.2, -0.15) is 18.3 Å². The van der Waals surface area contributed by atoms with Crippen LogP contribution in [-0.4, -0.2) is 56.7 Å². The summed E-state index contributed by atoms with van der Waals surface area (Å²) in [5, 5.41) is 16.7. The molecule has 31 heavy (non-hydrogen) atoms. The smallest absolute Gasteiger partial charge is 0.422 e. The Morgan fingerprint density at radius 2 is 2.13 bits per heavy atom. The minimum atomic E-state index is -4.45. The summed E-state index contributed by atoms with van der Waals surface area (Å²) in [7, 11) is 0. The van der Waals surface area contributed by atoms with Gasteiger partial charge in [0, 0.05) is 42.7 Å². The van der Waals surface area contributed by atoms with Crippen LogP contribution in [0.2, 0.25) is 0 Å². The maximum absolute atomic E-state index is 12.4. The topological polar surface area (TPSA) is 102 Å².